The van der Waals surface area contributed by atoms with Crippen molar-refractivity contribution in [1.82, 2.24) is 0 Å². The van der Waals surface area contributed by atoms with Crippen LogP contribution >= 0.6 is 0 Å². The Morgan fingerprint density at radius 3 is 2.91 bits per heavy atom. The van der Waals surface area contributed by atoms with Gasteiger partial charge < -0.3 is 5.73 Å². The summed E-state index contributed by atoms with van der Waals surface area (Å²) in [6.07, 6.45) is 12.3. The molecule has 0 aromatic rings. The van der Waals surface area contributed by atoms with Crippen LogP contribution in [0, 0.1) is 5.92 Å². The molecular weight excluding hydrogens is 138 g/mol. The van der Waals surface area contributed by atoms with E-state index in [0.29, 0.717) is 5.92 Å². The third-order valence-electron chi connectivity index (χ3n) is 1.52. The summed E-state index contributed by atoms with van der Waals surface area (Å²) in [6, 6.07) is 0. The average Bonchev–Trinajstić information content (AvgIpc) is 2.03. The first kappa shape index (κ1) is 7.79. The molecular formula is C9H11NO. The van der Waals surface area contributed by atoms with Crippen LogP contribution in [0.15, 0.2) is 36.5 Å². The van der Waals surface area contributed by atoms with Gasteiger partial charge in [-0.05, 0) is 18.4 Å². The van der Waals surface area contributed by atoms with Gasteiger partial charge in [-0.15, -0.1) is 0 Å². The fourth-order valence-electron chi connectivity index (χ4n) is 0.961. The summed E-state index contributed by atoms with van der Waals surface area (Å²) < 4.78 is 0. The lowest BCUT2D eigenvalue weighted by Crippen LogP contribution is -2.06. The molecule has 1 atom stereocenters. The molecule has 1 unspecified atom stereocenters. The highest BCUT2D eigenvalue weighted by Crippen LogP contribution is 2.11. The summed E-state index contributed by atoms with van der Waals surface area (Å²) in [5, 5.41) is 0. The Balaban J connectivity index is 2.44. The smallest absolute Gasteiger partial charge is 0.241 e. The number of rotatable bonds is 2. The molecule has 0 aromatic heterocycles. The van der Waals surface area contributed by atoms with E-state index in [2.05, 4.69) is 6.08 Å². The molecule has 0 bridgehead atoms. The number of carbonyl (C=O) groups excluding carboxylic acids is 1. The second-order valence-electron chi connectivity index (χ2n) is 2.47. The molecule has 1 rings (SSSR count). The van der Waals surface area contributed by atoms with Crippen molar-refractivity contribution in [2.75, 3.05) is 0 Å². The minimum absolute atomic E-state index is 0.340. The normalized spacial score (nSPS) is 22.7. The highest BCUT2D eigenvalue weighted by molar-refractivity contribution is 5.85. The molecule has 2 heteroatoms. The molecule has 1 amide bonds. The van der Waals surface area contributed by atoms with Gasteiger partial charge in [0.15, 0.2) is 0 Å². The van der Waals surface area contributed by atoms with Gasteiger partial charge >= 0.3 is 0 Å². The predicted octanol–water partition coefficient (Wildman–Crippen LogP) is 1.16. The van der Waals surface area contributed by atoms with Crippen LogP contribution in [0.4, 0.5) is 0 Å². The summed E-state index contributed by atoms with van der Waals surface area (Å²) in [5.41, 5.74) is 4.94. The van der Waals surface area contributed by atoms with Crippen molar-refractivity contribution >= 4 is 5.91 Å². The van der Waals surface area contributed by atoms with E-state index in [9.17, 15) is 4.79 Å². The molecule has 0 fully saturated rings. The van der Waals surface area contributed by atoms with Gasteiger partial charge in [0, 0.05) is 0 Å². The summed E-state index contributed by atoms with van der Waals surface area (Å²) in [7, 11) is 0. The van der Waals surface area contributed by atoms with Crippen LogP contribution in [0.2, 0.25) is 0 Å². The molecule has 11 heavy (non-hydrogen) atoms. The molecule has 0 aromatic carbocycles. The Morgan fingerprint density at radius 2 is 2.36 bits per heavy atom. The zero-order chi connectivity index (χ0) is 8.10. The van der Waals surface area contributed by atoms with Gasteiger partial charge in [-0.3, -0.25) is 4.79 Å². The molecule has 58 valence electrons. The Labute approximate surface area is 66.1 Å². The molecule has 0 saturated heterocycles. The molecule has 0 spiro atoms. The first-order chi connectivity index (χ1) is 5.29. The second kappa shape index (κ2) is 3.76. The lowest BCUT2D eigenvalue weighted by molar-refractivity contribution is -0.113. The van der Waals surface area contributed by atoms with E-state index in [1.807, 2.05) is 24.3 Å². The third kappa shape index (κ3) is 2.85. The number of hydrogen-bond acceptors (Lipinski definition) is 1. The maximum atomic E-state index is 10.3. The van der Waals surface area contributed by atoms with E-state index in [1.165, 1.54) is 6.08 Å². The molecule has 1 aliphatic rings. The van der Waals surface area contributed by atoms with Crippen LogP contribution in [-0.4, -0.2) is 5.91 Å². The predicted molar refractivity (Wildman–Crippen MR) is 44.7 cm³/mol. The number of hydrogen-bond donors (Lipinski definition) is 1. The summed E-state index contributed by atoms with van der Waals surface area (Å²) in [5.74, 6) is -0.0412. The SMILES string of the molecule is NC(=O)C=CC1C=CC=CC1. The number of amides is 1. The van der Waals surface area contributed by atoms with Crippen LogP contribution in [0.1, 0.15) is 6.42 Å². The number of allylic oxidation sites excluding steroid dienone is 5. The average molecular weight is 149 g/mol. The van der Waals surface area contributed by atoms with Gasteiger partial charge in [-0.1, -0.05) is 30.4 Å². The maximum absolute atomic E-state index is 10.3. The summed E-state index contributed by atoms with van der Waals surface area (Å²) in [4.78, 5) is 10.3. The zero-order valence-corrected chi connectivity index (χ0v) is 6.23. The van der Waals surface area contributed by atoms with Gasteiger partial charge in [-0.2, -0.15) is 0 Å². The van der Waals surface area contributed by atoms with E-state index in [-0.39, 0.29) is 5.91 Å². The quantitative estimate of drug-likeness (QED) is 0.588. The Kier molecular flexibility index (Phi) is 2.66. The lowest BCUT2D eigenvalue weighted by Gasteiger charge is -2.05. The van der Waals surface area contributed by atoms with Crippen LogP contribution < -0.4 is 5.73 Å². The molecule has 1 aliphatic carbocycles. The number of nitrogens with two attached hydrogens (primary N) is 1. The molecule has 0 saturated carbocycles. The van der Waals surface area contributed by atoms with Crippen molar-refractivity contribution in [2.45, 2.75) is 6.42 Å². The van der Waals surface area contributed by atoms with Crippen LogP contribution in [0.3, 0.4) is 0 Å². The van der Waals surface area contributed by atoms with Gasteiger partial charge in [-0.25, -0.2) is 0 Å². The highest BCUT2D eigenvalue weighted by atomic mass is 16.1. The first-order valence-electron chi connectivity index (χ1n) is 3.60. The Morgan fingerprint density at radius 1 is 1.55 bits per heavy atom. The third-order valence-corrected chi connectivity index (χ3v) is 1.52. The van der Waals surface area contributed by atoms with Crippen molar-refractivity contribution in [3.63, 3.8) is 0 Å². The second-order valence-corrected chi connectivity index (χ2v) is 2.47. The fraction of sp³-hybridized carbons (Fsp3) is 0.222. The van der Waals surface area contributed by atoms with Crippen LogP contribution in [-0.2, 0) is 4.79 Å². The van der Waals surface area contributed by atoms with Gasteiger partial charge in [0.2, 0.25) is 5.91 Å². The van der Waals surface area contributed by atoms with E-state index in [1.54, 1.807) is 0 Å². The lowest BCUT2D eigenvalue weighted by atomic mass is 10.0. The Bertz CT molecular complexity index is 226. The van der Waals surface area contributed by atoms with Crippen molar-refractivity contribution in [1.29, 1.82) is 0 Å². The van der Waals surface area contributed by atoms with Crippen molar-refractivity contribution in [3.05, 3.63) is 36.5 Å². The van der Waals surface area contributed by atoms with Gasteiger partial charge in [0.25, 0.3) is 0 Å². The summed E-state index contributed by atoms with van der Waals surface area (Å²) >= 11 is 0. The molecule has 2 N–H and O–H groups in total. The zero-order valence-electron chi connectivity index (χ0n) is 6.23. The fourth-order valence-corrected chi connectivity index (χ4v) is 0.961. The van der Waals surface area contributed by atoms with Crippen molar-refractivity contribution in [2.24, 2.45) is 11.7 Å². The van der Waals surface area contributed by atoms with Crippen molar-refractivity contribution < 1.29 is 4.79 Å². The minimum atomic E-state index is -0.382. The number of carbonyl (C=O) groups is 1. The van der Waals surface area contributed by atoms with Gasteiger partial charge in [0.05, 0.1) is 0 Å². The van der Waals surface area contributed by atoms with E-state index < -0.39 is 0 Å². The molecule has 0 heterocycles. The molecule has 0 aliphatic heterocycles. The van der Waals surface area contributed by atoms with Crippen molar-refractivity contribution in [3.8, 4) is 0 Å². The maximum Gasteiger partial charge on any atom is 0.241 e. The largest absolute Gasteiger partial charge is 0.366 e. The standard InChI is InChI=1S/C9H11NO/c10-9(11)7-6-8-4-2-1-3-5-8/h1-4,6-8H,5H2,(H2,10,11). The topological polar surface area (TPSA) is 43.1 Å². The van der Waals surface area contributed by atoms with E-state index >= 15 is 0 Å². The van der Waals surface area contributed by atoms with E-state index in [4.69, 9.17) is 5.73 Å². The molecule has 0 radical (unpaired) electrons. The summed E-state index contributed by atoms with van der Waals surface area (Å²) in [6.45, 7) is 0. The van der Waals surface area contributed by atoms with E-state index in [0.717, 1.165) is 6.42 Å². The highest BCUT2D eigenvalue weighted by Gasteiger charge is 1.99. The number of primary amides is 1. The molecule has 2 nitrogen and oxygen atoms in total. The van der Waals surface area contributed by atoms with Gasteiger partial charge in [0.1, 0.15) is 0 Å². The monoisotopic (exact) mass is 149 g/mol. The Hall–Kier alpha value is -1.31. The van der Waals surface area contributed by atoms with Crippen LogP contribution in [0.25, 0.3) is 0 Å². The first-order valence-corrected chi connectivity index (χ1v) is 3.60. The minimum Gasteiger partial charge on any atom is -0.366 e. The van der Waals surface area contributed by atoms with Crippen LogP contribution in [0.5, 0.6) is 0 Å².